The van der Waals surface area contributed by atoms with Crippen LogP contribution in [0.15, 0.2) is 31.4 Å². The normalized spacial score (nSPS) is 7.43. The van der Waals surface area contributed by atoms with E-state index >= 15 is 0 Å². The molecule has 39 valence electrons. The summed E-state index contributed by atoms with van der Waals surface area (Å²) in [6, 6.07) is 0. The molecule has 0 aromatic rings. The summed E-state index contributed by atoms with van der Waals surface area (Å²) in [6.07, 6.45) is 7.66. The molecule has 0 fully saturated rings. The quantitative estimate of drug-likeness (QED) is 0.527. The van der Waals surface area contributed by atoms with E-state index in [0.717, 1.165) is 0 Å². The van der Waals surface area contributed by atoms with Gasteiger partial charge >= 0.3 is 0 Å². The zero-order valence-corrected chi connectivity index (χ0v) is 6.74. The van der Waals surface area contributed by atoms with Crippen molar-refractivity contribution >= 4 is 0 Å². The van der Waals surface area contributed by atoms with Crippen molar-refractivity contribution in [1.29, 1.82) is 0 Å². The van der Waals surface area contributed by atoms with Gasteiger partial charge in [-0.2, -0.15) is 37.5 Å². The fourth-order valence-corrected chi connectivity index (χ4v) is 0.136. The van der Waals surface area contributed by atoms with E-state index in [1.54, 1.807) is 18.2 Å². The van der Waals surface area contributed by atoms with E-state index in [4.69, 9.17) is 0 Å². The Bertz CT molecular complexity index is 62.2. The summed E-state index contributed by atoms with van der Waals surface area (Å²) in [4.78, 5) is 0. The Morgan fingerprint density at radius 1 is 1.29 bits per heavy atom. The van der Waals surface area contributed by atoms with Crippen molar-refractivity contribution in [3.05, 3.63) is 37.5 Å². The summed E-state index contributed by atoms with van der Waals surface area (Å²) in [5, 5.41) is 0. The monoisotopic (exact) mass is 266 g/mol. The van der Waals surface area contributed by atoms with Gasteiger partial charge in [-0.25, -0.2) is 0 Å². The van der Waals surface area contributed by atoms with Gasteiger partial charge in [0, 0.05) is 20.4 Å². The fraction of sp³-hybridized carbons (Fsp3) is 0. The Kier molecular flexibility index (Phi) is 13.3. The van der Waals surface area contributed by atoms with Crippen molar-refractivity contribution in [3.8, 4) is 0 Å². The molecule has 0 aliphatic carbocycles. The first-order chi connectivity index (χ1) is 2.91. The van der Waals surface area contributed by atoms with E-state index in [-0.39, 0.29) is 20.4 Å². The molecule has 0 aliphatic rings. The fourth-order valence-electron chi connectivity index (χ4n) is 0.136. The molecule has 0 amide bonds. The van der Waals surface area contributed by atoms with E-state index < -0.39 is 0 Å². The van der Waals surface area contributed by atoms with Gasteiger partial charge in [-0.15, -0.1) is 0 Å². The third-order valence-electron chi connectivity index (χ3n) is 0.332. The predicted molar refractivity (Wildman–Crippen MR) is 28.2 cm³/mol. The molecule has 0 heterocycles. The Morgan fingerprint density at radius 3 is 2.00 bits per heavy atom. The van der Waals surface area contributed by atoms with Gasteiger partial charge in [0.05, 0.1) is 0 Å². The van der Waals surface area contributed by atoms with Gasteiger partial charge < -0.3 is 0 Å². The summed E-state index contributed by atoms with van der Waals surface area (Å²) < 4.78 is 0. The van der Waals surface area contributed by atoms with E-state index in [1.807, 2.05) is 0 Å². The molecule has 0 saturated carbocycles. The van der Waals surface area contributed by atoms with E-state index in [1.165, 1.54) is 0 Å². The maximum absolute atomic E-state index is 3.43. The van der Waals surface area contributed by atoms with Crippen molar-refractivity contribution in [1.82, 2.24) is 0 Å². The van der Waals surface area contributed by atoms with Gasteiger partial charge in [-0.05, 0) is 0 Å². The molecule has 0 rings (SSSR count). The minimum absolute atomic E-state index is 0. The molecule has 0 spiro atoms. The average molecular weight is 265 g/mol. The van der Waals surface area contributed by atoms with Crippen LogP contribution in [0.1, 0.15) is 0 Å². The molecule has 0 saturated heterocycles. The van der Waals surface area contributed by atoms with Crippen LogP contribution in [0.2, 0.25) is 0 Å². The second-order valence-corrected chi connectivity index (χ2v) is 0.773. The van der Waals surface area contributed by atoms with E-state index in [9.17, 15) is 0 Å². The Hall–Kier alpha value is -0.118. The molecule has 0 aliphatic heterocycles. The molecule has 0 atom stereocenters. The molecule has 0 unspecified atom stereocenters. The van der Waals surface area contributed by atoms with Crippen LogP contribution in [0, 0.1) is 6.08 Å². The maximum atomic E-state index is 3.43. The minimum Gasteiger partial charge on any atom is -0.194 e. The molecule has 0 nitrogen and oxygen atoms in total. The molecule has 7 heavy (non-hydrogen) atoms. The summed E-state index contributed by atoms with van der Waals surface area (Å²) in [6.45, 7) is 6.84. The zero-order chi connectivity index (χ0) is 4.83. The smallest absolute Gasteiger partial charge is 0 e. The van der Waals surface area contributed by atoms with Crippen molar-refractivity contribution in [2.75, 3.05) is 0 Å². The maximum Gasteiger partial charge on any atom is 0 e. The van der Waals surface area contributed by atoms with Crippen LogP contribution in [-0.2, 0) is 20.4 Å². The van der Waals surface area contributed by atoms with Crippen molar-refractivity contribution < 1.29 is 20.4 Å². The standard InChI is InChI=1S/C6H7.Re/c1-3-5-6-4-2;/h3-5H,1-2H2;/q-1;. The van der Waals surface area contributed by atoms with Gasteiger partial charge in [-0.1, -0.05) is 0 Å². The topological polar surface area (TPSA) is 0 Å². The van der Waals surface area contributed by atoms with Crippen LogP contribution < -0.4 is 0 Å². The number of hydrogen-bond donors (Lipinski definition) is 0. The molecule has 0 aromatic carbocycles. The first-order valence-electron chi connectivity index (χ1n) is 1.73. The second kappa shape index (κ2) is 9.30. The Labute approximate surface area is 58.3 Å². The van der Waals surface area contributed by atoms with Crippen LogP contribution in [0.3, 0.4) is 0 Å². The molecule has 0 aromatic heterocycles. The molecule has 0 bridgehead atoms. The van der Waals surface area contributed by atoms with Gasteiger partial charge in [0.15, 0.2) is 0 Å². The summed E-state index contributed by atoms with van der Waals surface area (Å²) in [7, 11) is 0. The van der Waals surface area contributed by atoms with Gasteiger partial charge in [0.1, 0.15) is 0 Å². The average Bonchev–Trinajstić information content (AvgIpc) is 1.61. The van der Waals surface area contributed by atoms with Crippen LogP contribution in [-0.4, -0.2) is 0 Å². The molecule has 1 heteroatoms. The van der Waals surface area contributed by atoms with Crippen molar-refractivity contribution in [2.45, 2.75) is 0 Å². The van der Waals surface area contributed by atoms with Gasteiger partial charge in [0.25, 0.3) is 0 Å². The predicted octanol–water partition coefficient (Wildman–Crippen LogP) is 1.72. The SMILES string of the molecule is C=C[C-]=CC=C.[Re]. The number of hydrogen-bond acceptors (Lipinski definition) is 0. The van der Waals surface area contributed by atoms with Gasteiger partial charge in [-0.3, -0.25) is 0 Å². The Balaban J connectivity index is 0. The van der Waals surface area contributed by atoms with Crippen molar-refractivity contribution in [2.24, 2.45) is 0 Å². The summed E-state index contributed by atoms with van der Waals surface area (Å²) >= 11 is 0. The van der Waals surface area contributed by atoms with E-state index in [0.29, 0.717) is 0 Å². The third kappa shape index (κ3) is 10.7. The summed E-state index contributed by atoms with van der Waals surface area (Å²) in [5.41, 5.74) is 0. The zero-order valence-electron chi connectivity index (χ0n) is 4.02. The van der Waals surface area contributed by atoms with Crippen molar-refractivity contribution in [3.63, 3.8) is 0 Å². The molecule has 0 N–H and O–H groups in total. The molecular formula is C6H7Re-. The van der Waals surface area contributed by atoms with Crippen LogP contribution in [0.5, 0.6) is 0 Å². The van der Waals surface area contributed by atoms with Gasteiger partial charge in [0.2, 0.25) is 0 Å². The Morgan fingerprint density at radius 2 is 1.86 bits per heavy atom. The summed E-state index contributed by atoms with van der Waals surface area (Å²) in [5.74, 6) is 0. The molecule has 1 radical (unpaired) electrons. The van der Waals surface area contributed by atoms with Crippen LogP contribution >= 0.6 is 0 Å². The number of allylic oxidation sites excluding steroid dienone is 4. The van der Waals surface area contributed by atoms with E-state index in [2.05, 4.69) is 19.2 Å². The second-order valence-electron chi connectivity index (χ2n) is 0.773. The first kappa shape index (κ1) is 9.99. The minimum atomic E-state index is 0. The first-order valence-corrected chi connectivity index (χ1v) is 1.73. The number of rotatable bonds is 2. The van der Waals surface area contributed by atoms with Crippen LogP contribution in [0.4, 0.5) is 0 Å². The largest absolute Gasteiger partial charge is 0.194 e. The third-order valence-corrected chi connectivity index (χ3v) is 0.332. The molecular weight excluding hydrogens is 258 g/mol. The van der Waals surface area contributed by atoms with Crippen LogP contribution in [0.25, 0.3) is 0 Å².